The molecule has 0 spiro atoms. The molecule has 3 rings (SSSR count). The summed E-state index contributed by atoms with van der Waals surface area (Å²) in [6.45, 7) is 1.52. The van der Waals surface area contributed by atoms with Crippen LogP contribution in [0.15, 0.2) is 36.7 Å². The van der Waals surface area contributed by atoms with Crippen LogP contribution >= 0.6 is 0 Å². The Hall–Kier alpha value is -1.65. The van der Waals surface area contributed by atoms with Gasteiger partial charge >= 0.3 is 0 Å². The molecule has 1 heterocycles. The predicted molar refractivity (Wildman–Crippen MR) is 84.9 cm³/mol. The largest absolute Gasteiger partial charge is 0.337 e. The van der Waals surface area contributed by atoms with Gasteiger partial charge in [0.1, 0.15) is 5.82 Å². The van der Waals surface area contributed by atoms with Gasteiger partial charge in [0.2, 0.25) is 0 Å². The Labute approximate surface area is 126 Å². The highest BCUT2D eigenvalue weighted by molar-refractivity contribution is 5.32. The molecule has 0 aliphatic heterocycles. The molecule has 0 bridgehead atoms. The van der Waals surface area contributed by atoms with Gasteiger partial charge in [0.15, 0.2) is 0 Å². The summed E-state index contributed by atoms with van der Waals surface area (Å²) < 4.78 is 2.08. The maximum absolute atomic E-state index is 6.19. The first-order valence-corrected chi connectivity index (χ1v) is 7.59. The van der Waals surface area contributed by atoms with E-state index in [1.165, 1.54) is 11.1 Å². The molecule has 112 valence electrons. The van der Waals surface area contributed by atoms with E-state index in [1.807, 2.05) is 19.4 Å². The molecule has 1 atom stereocenters. The molecule has 21 heavy (non-hydrogen) atoms. The number of hydrogen-bond donors (Lipinski definition) is 1. The Morgan fingerprint density at radius 1 is 1.33 bits per heavy atom. The van der Waals surface area contributed by atoms with Crippen molar-refractivity contribution in [2.75, 3.05) is 13.6 Å². The Balaban J connectivity index is 1.83. The number of benzene rings is 1. The molecule has 2 N–H and O–H groups in total. The minimum absolute atomic E-state index is 0.0420. The third-order valence-corrected chi connectivity index (χ3v) is 4.99. The molecule has 1 unspecified atom stereocenters. The van der Waals surface area contributed by atoms with Gasteiger partial charge in [0, 0.05) is 31.5 Å². The summed E-state index contributed by atoms with van der Waals surface area (Å²) in [6.07, 6.45) is 7.10. The fraction of sp³-hybridized carbons (Fsp3) is 0.471. The molecule has 0 radical (unpaired) electrons. The van der Waals surface area contributed by atoms with Gasteiger partial charge in [0.05, 0.1) is 6.54 Å². The van der Waals surface area contributed by atoms with Crippen LogP contribution in [0.4, 0.5) is 0 Å². The van der Waals surface area contributed by atoms with Crippen LogP contribution in [-0.2, 0) is 26.4 Å². The van der Waals surface area contributed by atoms with Gasteiger partial charge in [-0.2, -0.15) is 0 Å². The average molecular weight is 284 g/mol. The van der Waals surface area contributed by atoms with Crippen molar-refractivity contribution in [1.82, 2.24) is 14.5 Å². The van der Waals surface area contributed by atoms with E-state index in [-0.39, 0.29) is 5.54 Å². The van der Waals surface area contributed by atoms with E-state index in [4.69, 9.17) is 5.73 Å². The van der Waals surface area contributed by atoms with Crippen molar-refractivity contribution in [2.45, 2.75) is 31.3 Å². The minimum Gasteiger partial charge on any atom is -0.337 e. The molecule has 0 saturated heterocycles. The molecule has 2 aromatic rings. The topological polar surface area (TPSA) is 47.1 Å². The summed E-state index contributed by atoms with van der Waals surface area (Å²) in [4.78, 5) is 6.83. The number of nitrogens with two attached hydrogens (primary N) is 1. The summed E-state index contributed by atoms with van der Waals surface area (Å²) in [5.74, 6) is 1.09. The van der Waals surface area contributed by atoms with Crippen LogP contribution in [-0.4, -0.2) is 33.6 Å². The number of nitrogens with zero attached hydrogens (tertiary/aromatic N) is 3. The lowest BCUT2D eigenvalue weighted by Gasteiger charge is -2.44. The van der Waals surface area contributed by atoms with E-state index in [9.17, 15) is 0 Å². The monoisotopic (exact) mass is 284 g/mol. The van der Waals surface area contributed by atoms with Crippen molar-refractivity contribution in [3.63, 3.8) is 0 Å². The van der Waals surface area contributed by atoms with Crippen LogP contribution in [0, 0.1) is 0 Å². The van der Waals surface area contributed by atoms with Gasteiger partial charge in [-0.1, -0.05) is 24.3 Å². The molecular formula is C17H24N4. The van der Waals surface area contributed by atoms with Crippen LogP contribution < -0.4 is 5.73 Å². The lowest BCUT2D eigenvalue weighted by atomic mass is 9.77. The zero-order valence-corrected chi connectivity index (χ0v) is 12.9. The van der Waals surface area contributed by atoms with Gasteiger partial charge < -0.3 is 10.3 Å². The molecule has 1 aromatic heterocycles. The molecule has 0 amide bonds. The first-order chi connectivity index (χ1) is 10.1. The van der Waals surface area contributed by atoms with Crippen molar-refractivity contribution < 1.29 is 0 Å². The van der Waals surface area contributed by atoms with Gasteiger partial charge in [-0.15, -0.1) is 0 Å². The Morgan fingerprint density at radius 2 is 2.10 bits per heavy atom. The summed E-state index contributed by atoms with van der Waals surface area (Å²) in [7, 11) is 4.22. The van der Waals surface area contributed by atoms with Crippen LogP contribution in [0.3, 0.4) is 0 Å². The van der Waals surface area contributed by atoms with E-state index in [1.54, 1.807) is 0 Å². The number of imidazole rings is 1. The van der Waals surface area contributed by atoms with Crippen LogP contribution in [0.5, 0.6) is 0 Å². The minimum atomic E-state index is 0.0420. The highest BCUT2D eigenvalue weighted by Crippen LogP contribution is 2.32. The van der Waals surface area contributed by atoms with Gasteiger partial charge in [-0.3, -0.25) is 4.90 Å². The van der Waals surface area contributed by atoms with E-state index in [2.05, 4.69) is 45.8 Å². The van der Waals surface area contributed by atoms with E-state index >= 15 is 0 Å². The third-order valence-electron chi connectivity index (χ3n) is 4.99. The first kappa shape index (κ1) is 14.3. The highest BCUT2D eigenvalue weighted by Gasteiger charge is 2.37. The molecule has 4 heteroatoms. The number of hydrogen-bond acceptors (Lipinski definition) is 3. The fourth-order valence-corrected chi connectivity index (χ4v) is 3.37. The first-order valence-electron chi connectivity index (χ1n) is 7.59. The van der Waals surface area contributed by atoms with Crippen molar-refractivity contribution in [1.29, 1.82) is 0 Å². The number of rotatable bonds is 4. The lowest BCUT2D eigenvalue weighted by Crippen LogP contribution is -2.55. The number of likely N-dealkylation sites (N-methyl/N-ethyl adjacent to an activating group) is 1. The maximum Gasteiger partial charge on any atom is 0.122 e. The average Bonchev–Trinajstić information content (AvgIpc) is 2.91. The Morgan fingerprint density at radius 3 is 2.76 bits per heavy atom. The smallest absolute Gasteiger partial charge is 0.122 e. The normalized spacial score (nSPS) is 21.5. The number of aryl methyl sites for hydroxylation is 2. The zero-order valence-electron chi connectivity index (χ0n) is 12.9. The van der Waals surface area contributed by atoms with Gasteiger partial charge in [-0.25, -0.2) is 4.98 Å². The van der Waals surface area contributed by atoms with Crippen LogP contribution in [0.25, 0.3) is 0 Å². The molecule has 1 aliphatic carbocycles. The SMILES string of the molecule is CN(Cc1nccn1C)C1(CN)CCc2ccccc2C1. The van der Waals surface area contributed by atoms with E-state index in [0.717, 1.165) is 31.6 Å². The van der Waals surface area contributed by atoms with Crippen molar-refractivity contribution in [2.24, 2.45) is 12.8 Å². The third kappa shape index (κ3) is 2.61. The van der Waals surface area contributed by atoms with Crippen LogP contribution in [0.2, 0.25) is 0 Å². The lowest BCUT2D eigenvalue weighted by molar-refractivity contribution is 0.0973. The molecule has 4 nitrogen and oxygen atoms in total. The summed E-state index contributed by atoms with van der Waals surface area (Å²) >= 11 is 0. The summed E-state index contributed by atoms with van der Waals surface area (Å²) in [5, 5.41) is 0. The number of aromatic nitrogens is 2. The quantitative estimate of drug-likeness (QED) is 0.930. The Bertz CT molecular complexity index is 619. The maximum atomic E-state index is 6.19. The number of fused-ring (bicyclic) bond motifs is 1. The molecular weight excluding hydrogens is 260 g/mol. The molecule has 1 aromatic carbocycles. The van der Waals surface area contributed by atoms with Crippen molar-refractivity contribution >= 4 is 0 Å². The highest BCUT2D eigenvalue weighted by atomic mass is 15.2. The molecule has 0 saturated carbocycles. The van der Waals surface area contributed by atoms with E-state index in [0.29, 0.717) is 6.54 Å². The van der Waals surface area contributed by atoms with Gasteiger partial charge in [-0.05, 0) is 37.4 Å². The standard InChI is InChI=1S/C17H24N4/c1-20-10-9-19-16(20)12-21(2)17(13-18)8-7-14-5-3-4-6-15(14)11-17/h3-6,9-10H,7-8,11-13,18H2,1-2H3. The molecule has 0 fully saturated rings. The molecule has 1 aliphatic rings. The zero-order chi connectivity index (χ0) is 14.9. The van der Waals surface area contributed by atoms with E-state index < -0.39 is 0 Å². The summed E-state index contributed by atoms with van der Waals surface area (Å²) in [6, 6.07) is 8.75. The second-order valence-corrected chi connectivity index (χ2v) is 6.18. The predicted octanol–water partition coefficient (Wildman–Crippen LogP) is 1.74. The van der Waals surface area contributed by atoms with Crippen molar-refractivity contribution in [3.8, 4) is 0 Å². The second kappa shape index (κ2) is 5.62. The van der Waals surface area contributed by atoms with Crippen molar-refractivity contribution in [3.05, 3.63) is 53.6 Å². The Kier molecular flexibility index (Phi) is 3.83. The van der Waals surface area contributed by atoms with Gasteiger partial charge in [0.25, 0.3) is 0 Å². The van der Waals surface area contributed by atoms with Crippen LogP contribution in [0.1, 0.15) is 23.4 Å². The summed E-state index contributed by atoms with van der Waals surface area (Å²) in [5.41, 5.74) is 9.16. The second-order valence-electron chi connectivity index (χ2n) is 6.18. The fourth-order valence-electron chi connectivity index (χ4n) is 3.37.